The Morgan fingerprint density at radius 2 is 2.00 bits per heavy atom. The number of carbonyl (C=O) groups is 1. The van der Waals surface area contributed by atoms with Crippen LogP contribution in [-0.2, 0) is 11.8 Å². The van der Waals surface area contributed by atoms with Gasteiger partial charge in [-0.2, -0.15) is 0 Å². The summed E-state index contributed by atoms with van der Waals surface area (Å²) >= 11 is 0. The Labute approximate surface area is 142 Å². The van der Waals surface area contributed by atoms with Crippen molar-refractivity contribution < 1.29 is 9.53 Å². The van der Waals surface area contributed by atoms with Crippen LogP contribution in [0.1, 0.15) is 31.7 Å². The maximum Gasteiger partial charge on any atom is 0.253 e. The van der Waals surface area contributed by atoms with Crippen LogP contribution in [0, 0.1) is 6.92 Å². The van der Waals surface area contributed by atoms with E-state index in [0.717, 1.165) is 23.7 Å². The number of methoxy groups -OCH3 is 1. The number of nitrogens with one attached hydrogen (secondary N) is 1. The van der Waals surface area contributed by atoms with Gasteiger partial charge in [-0.05, 0) is 25.5 Å². The van der Waals surface area contributed by atoms with Crippen LogP contribution in [0.3, 0.4) is 0 Å². The highest BCUT2D eigenvalue weighted by Crippen LogP contribution is 2.27. The van der Waals surface area contributed by atoms with Gasteiger partial charge in [0.2, 0.25) is 5.91 Å². The summed E-state index contributed by atoms with van der Waals surface area (Å²) in [4.78, 5) is 22.3. The van der Waals surface area contributed by atoms with Crippen LogP contribution in [0.4, 0.5) is 5.69 Å². The highest BCUT2D eigenvalue weighted by atomic mass is 16.5. The molecule has 1 aromatic carbocycles. The molecule has 0 fully saturated rings. The van der Waals surface area contributed by atoms with Crippen LogP contribution in [-0.4, -0.2) is 24.6 Å². The number of rotatable bonds is 4. The number of unbranched alkanes of at least 4 members (excludes halogenated alkanes) is 1. The number of carbonyl (C=O) groups excluding carboxylic acids is 1. The number of nitrogens with two attached hydrogens (primary N) is 1. The molecule has 0 aliphatic heterocycles. The van der Waals surface area contributed by atoms with Crippen molar-refractivity contribution in [1.82, 2.24) is 9.88 Å². The molecule has 3 N–H and O–H groups in total. The SMILES string of the molecule is CCCCC(=O)NC.COc1cc(N)cc2cc(C)c(=O)n(C)c12. The summed E-state index contributed by atoms with van der Waals surface area (Å²) in [6.07, 6.45) is 2.76. The average molecular weight is 333 g/mol. The molecule has 132 valence electrons. The van der Waals surface area contributed by atoms with Gasteiger partial charge in [-0.25, -0.2) is 0 Å². The molecule has 0 bridgehead atoms. The zero-order chi connectivity index (χ0) is 18.3. The van der Waals surface area contributed by atoms with E-state index in [0.29, 0.717) is 23.4 Å². The van der Waals surface area contributed by atoms with Gasteiger partial charge in [0.1, 0.15) is 5.75 Å². The number of aryl methyl sites for hydroxylation is 2. The lowest BCUT2D eigenvalue weighted by atomic mass is 10.1. The number of hydrogen-bond acceptors (Lipinski definition) is 4. The van der Waals surface area contributed by atoms with E-state index in [1.165, 1.54) is 0 Å². The van der Waals surface area contributed by atoms with E-state index in [2.05, 4.69) is 12.2 Å². The molecule has 2 rings (SSSR count). The monoisotopic (exact) mass is 333 g/mol. The lowest BCUT2D eigenvalue weighted by Crippen LogP contribution is -2.19. The summed E-state index contributed by atoms with van der Waals surface area (Å²) in [5.74, 6) is 0.765. The van der Waals surface area contributed by atoms with E-state index in [-0.39, 0.29) is 11.5 Å². The second kappa shape index (κ2) is 8.96. The molecule has 1 heterocycles. The third-order valence-corrected chi connectivity index (χ3v) is 3.73. The fraction of sp³-hybridized carbons (Fsp3) is 0.444. The van der Waals surface area contributed by atoms with Crippen LogP contribution in [0.5, 0.6) is 5.75 Å². The van der Waals surface area contributed by atoms with E-state index in [9.17, 15) is 9.59 Å². The Morgan fingerprint density at radius 1 is 1.33 bits per heavy atom. The minimum atomic E-state index is -0.0180. The largest absolute Gasteiger partial charge is 0.494 e. The molecular weight excluding hydrogens is 306 g/mol. The summed E-state index contributed by atoms with van der Waals surface area (Å²) < 4.78 is 6.83. The van der Waals surface area contributed by atoms with E-state index in [4.69, 9.17) is 10.5 Å². The molecule has 0 atom stereocenters. The molecule has 6 heteroatoms. The van der Waals surface area contributed by atoms with E-state index in [1.54, 1.807) is 38.8 Å². The highest BCUT2D eigenvalue weighted by molar-refractivity contribution is 5.88. The van der Waals surface area contributed by atoms with Gasteiger partial charge in [0.25, 0.3) is 5.56 Å². The molecular formula is C18H27N3O3. The number of nitrogens with zero attached hydrogens (tertiary/aromatic N) is 1. The van der Waals surface area contributed by atoms with Gasteiger partial charge in [-0.15, -0.1) is 0 Å². The van der Waals surface area contributed by atoms with Gasteiger partial charge in [0.15, 0.2) is 0 Å². The minimum absolute atomic E-state index is 0.0180. The van der Waals surface area contributed by atoms with Crippen LogP contribution >= 0.6 is 0 Å². The first-order valence-corrected chi connectivity index (χ1v) is 8.00. The van der Waals surface area contributed by atoms with Crippen LogP contribution in [0.2, 0.25) is 0 Å². The van der Waals surface area contributed by atoms with Gasteiger partial charge in [0, 0.05) is 43.2 Å². The first-order chi connectivity index (χ1) is 11.3. The Kier molecular flexibility index (Phi) is 7.30. The average Bonchev–Trinajstić information content (AvgIpc) is 2.57. The first kappa shape index (κ1) is 19.5. The quantitative estimate of drug-likeness (QED) is 0.841. The molecule has 1 amide bonds. The number of ether oxygens (including phenoxy) is 1. The molecule has 1 aromatic heterocycles. The lowest BCUT2D eigenvalue weighted by Gasteiger charge is -2.11. The fourth-order valence-electron chi connectivity index (χ4n) is 2.40. The van der Waals surface area contributed by atoms with Gasteiger partial charge in [-0.1, -0.05) is 13.3 Å². The minimum Gasteiger partial charge on any atom is -0.494 e. The highest BCUT2D eigenvalue weighted by Gasteiger charge is 2.09. The summed E-state index contributed by atoms with van der Waals surface area (Å²) in [6, 6.07) is 5.39. The molecule has 24 heavy (non-hydrogen) atoms. The number of amides is 1. The van der Waals surface area contributed by atoms with Gasteiger partial charge < -0.3 is 20.4 Å². The van der Waals surface area contributed by atoms with Crippen molar-refractivity contribution in [3.05, 3.63) is 34.1 Å². The van der Waals surface area contributed by atoms with Crippen molar-refractivity contribution in [2.24, 2.45) is 7.05 Å². The summed E-state index contributed by atoms with van der Waals surface area (Å²) in [7, 11) is 4.97. The smallest absolute Gasteiger partial charge is 0.253 e. The third kappa shape index (κ3) is 4.75. The summed E-state index contributed by atoms with van der Waals surface area (Å²) in [5, 5.41) is 3.47. The standard InChI is InChI=1S/C12H14N2O2.C6H13NO/c1-7-4-8-5-9(13)6-10(16-3)11(8)14(2)12(7)15;1-3-4-5-6(8)7-2/h4-6H,13H2,1-3H3;3-5H2,1-2H3,(H,7,8). The number of hydrogen-bond donors (Lipinski definition) is 2. The lowest BCUT2D eigenvalue weighted by molar-refractivity contribution is -0.120. The predicted molar refractivity (Wildman–Crippen MR) is 98.5 cm³/mol. The topological polar surface area (TPSA) is 86.3 Å². The Balaban J connectivity index is 0.000000307. The number of fused-ring (bicyclic) bond motifs is 1. The number of pyridine rings is 1. The maximum absolute atomic E-state index is 11.8. The van der Waals surface area contributed by atoms with Crippen molar-refractivity contribution in [2.45, 2.75) is 33.1 Å². The first-order valence-electron chi connectivity index (χ1n) is 8.00. The molecule has 0 spiro atoms. The Morgan fingerprint density at radius 3 is 2.54 bits per heavy atom. The van der Waals surface area contributed by atoms with Crippen LogP contribution < -0.4 is 21.3 Å². The molecule has 6 nitrogen and oxygen atoms in total. The second-order valence-corrected chi connectivity index (χ2v) is 5.63. The molecule has 0 saturated heterocycles. The molecule has 0 unspecified atom stereocenters. The van der Waals surface area contributed by atoms with Crippen molar-refractivity contribution >= 4 is 22.5 Å². The molecule has 0 saturated carbocycles. The Bertz CT molecular complexity index is 766. The predicted octanol–water partition coefficient (Wildman–Crippen LogP) is 2.36. The number of nitrogen functional groups attached to an aromatic ring is 1. The third-order valence-electron chi connectivity index (χ3n) is 3.73. The number of anilines is 1. The second-order valence-electron chi connectivity index (χ2n) is 5.63. The maximum atomic E-state index is 11.8. The van der Waals surface area contributed by atoms with Crippen LogP contribution in [0.15, 0.2) is 23.0 Å². The molecule has 0 aliphatic carbocycles. The molecule has 0 radical (unpaired) electrons. The van der Waals surface area contributed by atoms with Crippen molar-refractivity contribution in [3.63, 3.8) is 0 Å². The van der Waals surface area contributed by atoms with Gasteiger partial charge >= 0.3 is 0 Å². The van der Waals surface area contributed by atoms with Crippen LogP contribution in [0.25, 0.3) is 10.9 Å². The number of benzene rings is 1. The number of aromatic nitrogens is 1. The zero-order valence-corrected chi connectivity index (χ0v) is 15.1. The Hall–Kier alpha value is -2.50. The van der Waals surface area contributed by atoms with E-state index >= 15 is 0 Å². The summed E-state index contributed by atoms with van der Waals surface area (Å²) in [5.41, 5.74) is 7.85. The van der Waals surface area contributed by atoms with Crippen molar-refractivity contribution in [3.8, 4) is 5.75 Å². The summed E-state index contributed by atoms with van der Waals surface area (Å²) in [6.45, 7) is 3.86. The normalized spacial score (nSPS) is 10.0. The van der Waals surface area contributed by atoms with Gasteiger partial charge in [-0.3, -0.25) is 9.59 Å². The van der Waals surface area contributed by atoms with Crippen molar-refractivity contribution in [2.75, 3.05) is 19.9 Å². The van der Waals surface area contributed by atoms with Crippen molar-refractivity contribution in [1.29, 1.82) is 0 Å². The molecule has 2 aromatic rings. The fourth-order valence-corrected chi connectivity index (χ4v) is 2.40. The van der Waals surface area contributed by atoms with E-state index < -0.39 is 0 Å². The molecule has 0 aliphatic rings. The van der Waals surface area contributed by atoms with E-state index in [1.807, 2.05) is 12.1 Å². The zero-order valence-electron chi connectivity index (χ0n) is 15.1. The van der Waals surface area contributed by atoms with Gasteiger partial charge in [0.05, 0.1) is 12.6 Å².